The monoisotopic (exact) mass is 168 g/mol. The molecule has 1 aromatic rings. The van der Waals surface area contributed by atoms with Crippen LogP contribution in [0.4, 0.5) is 0 Å². The summed E-state index contributed by atoms with van der Waals surface area (Å²) in [7, 11) is 0. The summed E-state index contributed by atoms with van der Waals surface area (Å²) in [6.45, 7) is 6.67. The maximum atomic E-state index is 5.25. The second-order valence-corrected chi connectivity index (χ2v) is 2.58. The van der Waals surface area contributed by atoms with Crippen molar-refractivity contribution in [2.75, 3.05) is 13.2 Å². The van der Waals surface area contributed by atoms with Crippen molar-refractivity contribution in [3.05, 3.63) is 18.2 Å². The van der Waals surface area contributed by atoms with Crippen molar-refractivity contribution >= 4 is 0 Å². The van der Waals surface area contributed by atoms with E-state index in [1.165, 1.54) is 0 Å². The molecular formula is C9H16N2O. The molecule has 0 aliphatic carbocycles. The summed E-state index contributed by atoms with van der Waals surface area (Å²) < 4.78 is 7.39. The van der Waals surface area contributed by atoms with Crippen LogP contribution < -0.4 is 0 Å². The van der Waals surface area contributed by atoms with Crippen LogP contribution in [0.1, 0.15) is 19.7 Å². The minimum absolute atomic E-state index is 0.771. The molecule has 0 aromatic carbocycles. The Kier molecular flexibility index (Phi) is 3.80. The highest BCUT2D eigenvalue weighted by Gasteiger charge is 1.99. The minimum atomic E-state index is 0.771. The summed E-state index contributed by atoms with van der Waals surface area (Å²) >= 11 is 0. The molecule has 0 saturated carbocycles. The number of hydrogen-bond donors (Lipinski definition) is 0. The largest absolute Gasteiger partial charge is 0.381 e. The average Bonchev–Trinajstić information content (AvgIpc) is 2.52. The first-order valence-corrected chi connectivity index (χ1v) is 4.46. The van der Waals surface area contributed by atoms with Crippen LogP contribution in [0.2, 0.25) is 0 Å². The third-order valence-corrected chi connectivity index (χ3v) is 1.82. The summed E-state index contributed by atoms with van der Waals surface area (Å²) in [6.07, 6.45) is 4.75. The topological polar surface area (TPSA) is 27.1 Å². The highest BCUT2D eigenvalue weighted by atomic mass is 16.5. The maximum absolute atomic E-state index is 5.25. The zero-order chi connectivity index (χ0) is 8.81. The molecule has 3 heteroatoms. The Morgan fingerprint density at radius 3 is 3.00 bits per heavy atom. The third-order valence-electron chi connectivity index (χ3n) is 1.82. The normalized spacial score (nSPS) is 10.5. The molecule has 0 unspecified atom stereocenters. The quantitative estimate of drug-likeness (QED) is 0.623. The molecule has 0 aliphatic rings. The van der Waals surface area contributed by atoms with Crippen molar-refractivity contribution in [1.29, 1.82) is 0 Å². The van der Waals surface area contributed by atoms with Gasteiger partial charge in [0.1, 0.15) is 5.82 Å². The van der Waals surface area contributed by atoms with Crippen molar-refractivity contribution in [3.8, 4) is 0 Å². The van der Waals surface area contributed by atoms with Gasteiger partial charge in [0, 0.05) is 32.0 Å². The Bertz CT molecular complexity index is 220. The molecule has 0 amide bonds. The predicted octanol–water partition coefficient (Wildman–Crippen LogP) is 1.48. The summed E-state index contributed by atoms with van der Waals surface area (Å²) in [6, 6.07) is 0. The third kappa shape index (κ3) is 2.34. The Labute approximate surface area is 73.4 Å². The fourth-order valence-electron chi connectivity index (χ4n) is 1.16. The van der Waals surface area contributed by atoms with Crippen molar-refractivity contribution in [2.45, 2.75) is 26.8 Å². The number of aryl methyl sites for hydroxylation is 1. The lowest BCUT2D eigenvalue weighted by atomic mass is 10.4. The van der Waals surface area contributed by atoms with E-state index in [0.29, 0.717) is 0 Å². The zero-order valence-corrected chi connectivity index (χ0v) is 7.79. The van der Waals surface area contributed by atoms with E-state index in [2.05, 4.69) is 16.5 Å². The van der Waals surface area contributed by atoms with Gasteiger partial charge in [-0.3, -0.25) is 0 Å². The van der Waals surface area contributed by atoms with Gasteiger partial charge >= 0.3 is 0 Å². The standard InChI is InChI=1S/C9H16N2O/c1-3-11-7-6-10-9(11)5-8-12-4-2/h6-7H,3-5,8H2,1-2H3. The Balaban J connectivity index is 2.39. The van der Waals surface area contributed by atoms with Gasteiger partial charge in [0.25, 0.3) is 0 Å². The summed E-state index contributed by atoms with van der Waals surface area (Å²) in [5.74, 6) is 1.12. The smallest absolute Gasteiger partial charge is 0.110 e. The van der Waals surface area contributed by atoms with Crippen LogP contribution in [-0.4, -0.2) is 22.8 Å². The minimum Gasteiger partial charge on any atom is -0.381 e. The molecular weight excluding hydrogens is 152 g/mol. The molecule has 1 aromatic heterocycles. The molecule has 0 spiro atoms. The Hall–Kier alpha value is -0.830. The van der Waals surface area contributed by atoms with Crippen molar-refractivity contribution in [3.63, 3.8) is 0 Å². The fraction of sp³-hybridized carbons (Fsp3) is 0.667. The fourth-order valence-corrected chi connectivity index (χ4v) is 1.16. The molecule has 12 heavy (non-hydrogen) atoms. The van der Waals surface area contributed by atoms with Gasteiger partial charge in [-0.1, -0.05) is 0 Å². The summed E-state index contributed by atoms with van der Waals surface area (Å²) in [5, 5.41) is 0. The highest BCUT2D eigenvalue weighted by molar-refractivity contribution is 4.91. The molecule has 3 nitrogen and oxygen atoms in total. The summed E-state index contributed by atoms with van der Waals surface area (Å²) in [5.41, 5.74) is 0. The SMILES string of the molecule is CCOCCc1nccn1CC. The van der Waals surface area contributed by atoms with Gasteiger partial charge < -0.3 is 9.30 Å². The number of hydrogen-bond acceptors (Lipinski definition) is 2. The van der Waals surface area contributed by atoms with Crippen LogP contribution in [0, 0.1) is 0 Å². The molecule has 0 aliphatic heterocycles. The van der Waals surface area contributed by atoms with Gasteiger partial charge in [-0.25, -0.2) is 4.98 Å². The number of aromatic nitrogens is 2. The predicted molar refractivity (Wildman–Crippen MR) is 48.1 cm³/mol. The molecule has 1 rings (SSSR count). The van der Waals surface area contributed by atoms with Crippen molar-refractivity contribution in [2.24, 2.45) is 0 Å². The second-order valence-electron chi connectivity index (χ2n) is 2.58. The number of ether oxygens (including phenoxy) is 1. The van der Waals surface area contributed by atoms with Crippen LogP contribution in [0.15, 0.2) is 12.4 Å². The van der Waals surface area contributed by atoms with Crippen LogP contribution in [0.3, 0.4) is 0 Å². The lowest BCUT2D eigenvalue weighted by Gasteiger charge is -2.03. The van der Waals surface area contributed by atoms with Crippen molar-refractivity contribution < 1.29 is 4.74 Å². The summed E-state index contributed by atoms with van der Waals surface area (Å²) in [4.78, 5) is 4.24. The maximum Gasteiger partial charge on any atom is 0.110 e. The zero-order valence-electron chi connectivity index (χ0n) is 7.79. The first kappa shape index (κ1) is 9.26. The number of nitrogens with zero attached hydrogens (tertiary/aromatic N) is 2. The highest BCUT2D eigenvalue weighted by Crippen LogP contribution is 1.98. The van der Waals surface area contributed by atoms with E-state index in [0.717, 1.165) is 32.0 Å². The van der Waals surface area contributed by atoms with Gasteiger partial charge in [-0.15, -0.1) is 0 Å². The average molecular weight is 168 g/mol. The van der Waals surface area contributed by atoms with Gasteiger partial charge in [0.05, 0.1) is 6.61 Å². The Morgan fingerprint density at radius 1 is 1.50 bits per heavy atom. The van der Waals surface area contributed by atoms with E-state index in [1.807, 2.05) is 19.3 Å². The van der Waals surface area contributed by atoms with Gasteiger partial charge in [-0.2, -0.15) is 0 Å². The molecule has 0 saturated heterocycles. The van der Waals surface area contributed by atoms with Crippen LogP contribution >= 0.6 is 0 Å². The molecule has 1 heterocycles. The first-order valence-electron chi connectivity index (χ1n) is 4.46. The second kappa shape index (κ2) is 4.93. The van der Waals surface area contributed by atoms with E-state index in [1.54, 1.807) is 0 Å². The van der Waals surface area contributed by atoms with Gasteiger partial charge in [-0.05, 0) is 13.8 Å². The van der Waals surface area contributed by atoms with E-state index in [4.69, 9.17) is 4.74 Å². The van der Waals surface area contributed by atoms with Crippen molar-refractivity contribution in [1.82, 2.24) is 9.55 Å². The van der Waals surface area contributed by atoms with E-state index in [-0.39, 0.29) is 0 Å². The number of rotatable bonds is 5. The molecule has 0 bridgehead atoms. The van der Waals surface area contributed by atoms with Crippen LogP contribution in [0.25, 0.3) is 0 Å². The lowest BCUT2D eigenvalue weighted by Crippen LogP contribution is -2.05. The number of imidazole rings is 1. The molecule has 0 fully saturated rings. The molecule has 0 N–H and O–H groups in total. The van der Waals surface area contributed by atoms with E-state index >= 15 is 0 Å². The lowest BCUT2D eigenvalue weighted by molar-refractivity contribution is 0.149. The molecule has 68 valence electrons. The van der Waals surface area contributed by atoms with Gasteiger partial charge in [0.2, 0.25) is 0 Å². The molecule has 0 radical (unpaired) electrons. The molecule has 0 atom stereocenters. The van der Waals surface area contributed by atoms with Gasteiger partial charge in [0.15, 0.2) is 0 Å². The van der Waals surface area contributed by atoms with Crippen LogP contribution in [0.5, 0.6) is 0 Å². The van der Waals surface area contributed by atoms with E-state index < -0.39 is 0 Å². The first-order chi connectivity index (χ1) is 5.88. The Morgan fingerprint density at radius 2 is 2.33 bits per heavy atom. The van der Waals surface area contributed by atoms with E-state index in [9.17, 15) is 0 Å². The van der Waals surface area contributed by atoms with Crippen LogP contribution in [-0.2, 0) is 17.7 Å².